The van der Waals surface area contributed by atoms with E-state index in [1.54, 1.807) is 0 Å². The van der Waals surface area contributed by atoms with Crippen molar-refractivity contribution in [1.29, 1.82) is 0 Å². The van der Waals surface area contributed by atoms with Gasteiger partial charge in [0.25, 0.3) is 0 Å². The van der Waals surface area contributed by atoms with Crippen molar-refractivity contribution in [3.8, 4) is 0 Å². The number of para-hydroxylation sites is 1. The van der Waals surface area contributed by atoms with E-state index in [0.29, 0.717) is 11.8 Å². The lowest BCUT2D eigenvalue weighted by Crippen LogP contribution is -2.35. The van der Waals surface area contributed by atoms with Crippen LogP contribution in [0.5, 0.6) is 0 Å². The summed E-state index contributed by atoms with van der Waals surface area (Å²) in [5.74, 6) is 0.407. The molecule has 1 aromatic heterocycles. The number of rotatable bonds is 2. The number of carbonyl (C=O) groups excluding carboxylic acids is 1. The largest absolute Gasteiger partial charge is 0.371 e. The fraction of sp³-hybridized carbons (Fsp3) is 0.375. The third kappa shape index (κ3) is 2.33. The summed E-state index contributed by atoms with van der Waals surface area (Å²) in [7, 11) is 2.13. The minimum atomic E-state index is 0.407. The molecular formula is C16H18N2O. The number of benzene rings is 1. The summed E-state index contributed by atoms with van der Waals surface area (Å²) in [6, 6.07) is 10.7. The van der Waals surface area contributed by atoms with Crippen molar-refractivity contribution < 1.29 is 4.79 Å². The monoisotopic (exact) mass is 254 g/mol. The topological polar surface area (TPSA) is 33.2 Å². The fourth-order valence-corrected chi connectivity index (χ4v) is 2.90. The van der Waals surface area contributed by atoms with E-state index >= 15 is 0 Å². The molecule has 0 amide bonds. The highest BCUT2D eigenvalue weighted by molar-refractivity contribution is 5.91. The van der Waals surface area contributed by atoms with Crippen molar-refractivity contribution in [2.45, 2.75) is 31.7 Å². The molecule has 0 bridgehead atoms. The molecule has 0 atom stereocenters. The Labute approximate surface area is 113 Å². The van der Waals surface area contributed by atoms with Crippen molar-refractivity contribution in [2.24, 2.45) is 0 Å². The van der Waals surface area contributed by atoms with Crippen LogP contribution in [0, 0.1) is 0 Å². The van der Waals surface area contributed by atoms with E-state index in [9.17, 15) is 4.79 Å². The van der Waals surface area contributed by atoms with Crippen LogP contribution in [0.15, 0.2) is 36.5 Å². The zero-order valence-corrected chi connectivity index (χ0v) is 11.2. The Morgan fingerprint density at radius 2 is 1.89 bits per heavy atom. The Hall–Kier alpha value is -1.90. The molecule has 0 radical (unpaired) electrons. The average molecular weight is 254 g/mol. The summed E-state index contributed by atoms with van der Waals surface area (Å²) in [4.78, 5) is 18.1. The van der Waals surface area contributed by atoms with Gasteiger partial charge >= 0.3 is 0 Å². The molecule has 0 N–H and O–H groups in total. The summed E-state index contributed by atoms with van der Waals surface area (Å²) in [5, 5.41) is 1.18. The lowest BCUT2D eigenvalue weighted by molar-refractivity contribution is -0.120. The van der Waals surface area contributed by atoms with Crippen LogP contribution in [0.2, 0.25) is 0 Å². The number of aromatic nitrogens is 1. The van der Waals surface area contributed by atoms with Crippen LogP contribution >= 0.6 is 0 Å². The lowest BCUT2D eigenvalue weighted by Gasteiger charge is -2.33. The highest BCUT2D eigenvalue weighted by atomic mass is 16.1. The van der Waals surface area contributed by atoms with Gasteiger partial charge in [-0.15, -0.1) is 0 Å². The first-order valence-electron chi connectivity index (χ1n) is 6.84. The first-order chi connectivity index (χ1) is 9.25. The van der Waals surface area contributed by atoms with Crippen LogP contribution in [-0.4, -0.2) is 23.9 Å². The normalized spacial score (nSPS) is 16.8. The van der Waals surface area contributed by atoms with Gasteiger partial charge in [-0.1, -0.05) is 18.2 Å². The summed E-state index contributed by atoms with van der Waals surface area (Å²) in [6.45, 7) is 0. The van der Waals surface area contributed by atoms with Gasteiger partial charge in [0.05, 0.1) is 5.52 Å². The van der Waals surface area contributed by atoms with Crippen molar-refractivity contribution in [3.63, 3.8) is 0 Å². The molecule has 3 heteroatoms. The molecule has 0 aliphatic heterocycles. The van der Waals surface area contributed by atoms with Crippen LogP contribution < -0.4 is 4.90 Å². The number of pyridine rings is 1. The third-order valence-corrected chi connectivity index (χ3v) is 4.07. The Bertz CT molecular complexity index is 593. The number of Topliss-reactive ketones (excluding diaryl/α,β-unsaturated/α-hetero) is 1. The smallest absolute Gasteiger partial charge is 0.133 e. The Morgan fingerprint density at radius 3 is 2.68 bits per heavy atom. The fourth-order valence-electron chi connectivity index (χ4n) is 2.90. The summed E-state index contributed by atoms with van der Waals surface area (Å²) >= 11 is 0. The molecule has 3 rings (SSSR count). The minimum absolute atomic E-state index is 0.407. The van der Waals surface area contributed by atoms with Crippen LogP contribution in [0.3, 0.4) is 0 Å². The van der Waals surface area contributed by atoms with Gasteiger partial charge < -0.3 is 4.90 Å². The highest BCUT2D eigenvalue weighted by Crippen LogP contribution is 2.29. The Balaban J connectivity index is 1.93. The molecule has 19 heavy (non-hydrogen) atoms. The highest BCUT2D eigenvalue weighted by Gasteiger charge is 2.23. The average Bonchev–Trinajstić information content (AvgIpc) is 2.47. The van der Waals surface area contributed by atoms with E-state index in [0.717, 1.165) is 31.2 Å². The van der Waals surface area contributed by atoms with Gasteiger partial charge in [-0.2, -0.15) is 0 Å². The molecule has 0 unspecified atom stereocenters. The first kappa shape index (κ1) is 12.2. The van der Waals surface area contributed by atoms with Crippen molar-refractivity contribution >= 4 is 22.4 Å². The summed E-state index contributed by atoms with van der Waals surface area (Å²) in [5.41, 5.74) is 2.24. The molecule has 2 aromatic rings. The zero-order chi connectivity index (χ0) is 13.2. The van der Waals surface area contributed by atoms with Gasteiger partial charge in [-0.05, 0) is 25.0 Å². The van der Waals surface area contributed by atoms with Crippen LogP contribution in [0.1, 0.15) is 25.7 Å². The van der Waals surface area contributed by atoms with Crippen molar-refractivity contribution in [1.82, 2.24) is 4.98 Å². The standard InChI is InChI=1S/C16H18N2O/c1-18(12-6-8-13(19)9-7-12)16-10-11-17-15-5-3-2-4-14(15)16/h2-5,10-12H,6-9H2,1H3. The predicted octanol–water partition coefficient (Wildman–Crippen LogP) is 3.18. The number of fused-ring (bicyclic) bond motifs is 1. The van der Waals surface area contributed by atoms with Gasteiger partial charge in [0.1, 0.15) is 5.78 Å². The third-order valence-electron chi connectivity index (χ3n) is 4.07. The van der Waals surface area contributed by atoms with Crippen LogP contribution in [0.4, 0.5) is 5.69 Å². The molecule has 1 aromatic carbocycles. The van der Waals surface area contributed by atoms with Gasteiger partial charge in [-0.3, -0.25) is 9.78 Å². The molecule has 1 aliphatic carbocycles. The van der Waals surface area contributed by atoms with E-state index in [2.05, 4.69) is 29.1 Å². The number of ketones is 1. The van der Waals surface area contributed by atoms with E-state index in [1.165, 1.54) is 11.1 Å². The number of anilines is 1. The molecule has 1 saturated carbocycles. The summed E-state index contributed by atoms with van der Waals surface area (Å²) in [6.07, 6.45) is 5.23. The molecule has 1 fully saturated rings. The van der Waals surface area contributed by atoms with Crippen LogP contribution in [0.25, 0.3) is 10.9 Å². The first-order valence-corrected chi connectivity index (χ1v) is 6.84. The number of hydrogen-bond acceptors (Lipinski definition) is 3. The second kappa shape index (κ2) is 5.00. The van der Waals surface area contributed by atoms with Crippen LogP contribution in [-0.2, 0) is 4.79 Å². The molecule has 3 nitrogen and oxygen atoms in total. The van der Waals surface area contributed by atoms with E-state index in [-0.39, 0.29) is 0 Å². The van der Waals surface area contributed by atoms with Gasteiger partial charge in [0, 0.05) is 43.2 Å². The molecule has 1 aliphatic rings. The maximum Gasteiger partial charge on any atom is 0.133 e. The lowest BCUT2D eigenvalue weighted by atomic mass is 9.93. The van der Waals surface area contributed by atoms with Gasteiger partial charge in [0.15, 0.2) is 0 Å². The molecule has 98 valence electrons. The molecular weight excluding hydrogens is 236 g/mol. The van der Waals surface area contributed by atoms with Gasteiger partial charge in [-0.25, -0.2) is 0 Å². The number of nitrogens with zero attached hydrogens (tertiary/aromatic N) is 2. The van der Waals surface area contributed by atoms with Crippen molar-refractivity contribution in [3.05, 3.63) is 36.5 Å². The molecule has 0 saturated heterocycles. The molecule has 1 heterocycles. The predicted molar refractivity (Wildman–Crippen MR) is 77.4 cm³/mol. The second-order valence-corrected chi connectivity index (χ2v) is 5.23. The number of carbonyl (C=O) groups is 1. The SMILES string of the molecule is CN(c1ccnc2ccccc12)C1CCC(=O)CC1. The minimum Gasteiger partial charge on any atom is -0.371 e. The second-order valence-electron chi connectivity index (χ2n) is 5.23. The quantitative estimate of drug-likeness (QED) is 0.825. The number of hydrogen-bond donors (Lipinski definition) is 0. The summed E-state index contributed by atoms with van der Waals surface area (Å²) < 4.78 is 0. The van der Waals surface area contributed by atoms with E-state index in [1.807, 2.05) is 24.4 Å². The van der Waals surface area contributed by atoms with E-state index in [4.69, 9.17) is 0 Å². The maximum absolute atomic E-state index is 11.4. The Kier molecular flexibility index (Phi) is 3.20. The Morgan fingerprint density at radius 1 is 1.16 bits per heavy atom. The van der Waals surface area contributed by atoms with E-state index < -0.39 is 0 Å². The van der Waals surface area contributed by atoms with Gasteiger partial charge in [0.2, 0.25) is 0 Å². The maximum atomic E-state index is 11.4. The van der Waals surface area contributed by atoms with Crippen molar-refractivity contribution in [2.75, 3.05) is 11.9 Å². The molecule has 0 spiro atoms. The zero-order valence-electron chi connectivity index (χ0n) is 11.2.